The Morgan fingerprint density at radius 1 is 1.22 bits per heavy atom. The van der Waals surface area contributed by atoms with Crippen LogP contribution in [0.25, 0.3) is 0 Å². The molecule has 1 atom stereocenters. The van der Waals surface area contributed by atoms with E-state index in [9.17, 15) is 9.59 Å². The number of nitrogens with two attached hydrogens (primary N) is 1. The predicted octanol–water partition coefficient (Wildman–Crippen LogP) is 1.83. The van der Waals surface area contributed by atoms with Gasteiger partial charge in [-0.15, -0.1) is 12.4 Å². The van der Waals surface area contributed by atoms with Gasteiger partial charge in [-0.2, -0.15) is 0 Å². The number of amides is 2. The van der Waals surface area contributed by atoms with Gasteiger partial charge in [0.2, 0.25) is 5.91 Å². The van der Waals surface area contributed by atoms with E-state index in [0.717, 1.165) is 19.4 Å². The molecule has 1 aromatic rings. The second-order valence-electron chi connectivity index (χ2n) is 7.43. The first kappa shape index (κ1) is 21.7. The quantitative estimate of drug-likeness (QED) is 0.796. The van der Waals surface area contributed by atoms with Gasteiger partial charge >= 0.3 is 0 Å². The van der Waals surface area contributed by atoms with Crippen LogP contribution in [0, 0.1) is 11.3 Å². The molecule has 2 saturated heterocycles. The zero-order valence-electron chi connectivity index (χ0n) is 15.7. The van der Waals surface area contributed by atoms with Gasteiger partial charge in [-0.3, -0.25) is 9.59 Å². The summed E-state index contributed by atoms with van der Waals surface area (Å²) >= 11 is 0. The van der Waals surface area contributed by atoms with Crippen molar-refractivity contribution in [3.8, 4) is 0 Å². The van der Waals surface area contributed by atoms with Gasteiger partial charge in [0.1, 0.15) is 0 Å². The van der Waals surface area contributed by atoms with Crippen molar-refractivity contribution >= 4 is 24.2 Å². The molecule has 3 N–H and O–H groups in total. The Hall–Kier alpha value is -1.63. The fourth-order valence-corrected chi connectivity index (χ4v) is 3.95. The number of ether oxygens (including phenoxy) is 1. The summed E-state index contributed by atoms with van der Waals surface area (Å²) in [4.78, 5) is 27.3. The smallest absolute Gasteiger partial charge is 0.251 e. The third-order valence-electron chi connectivity index (χ3n) is 5.69. The molecule has 3 rings (SSSR count). The van der Waals surface area contributed by atoms with Crippen LogP contribution in [0.2, 0.25) is 0 Å². The molecule has 6 nitrogen and oxygen atoms in total. The molecule has 1 aromatic carbocycles. The number of piperidine rings is 1. The monoisotopic (exact) mass is 395 g/mol. The first-order valence-corrected chi connectivity index (χ1v) is 9.55. The highest BCUT2D eigenvalue weighted by atomic mass is 35.5. The van der Waals surface area contributed by atoms with Gasteiger partial charge in [-0.1, -0.05) is 18.2 Å². The van der Waals surface area contributed by atoms with Gasteiger partial charge in [0, 0.05) is 45.0 Å². The van der Waals surface area contributed by atoms with Gasteiger partial charge in [0.05, 0.1) is 5.41 Å². The first-order valence-electron chi connectivity index (χ1n) is 9.55. The Labute approximate surface area is 167 Å². The molecule has 2 heterocycles. The topological polar surface area (TPSA) is 84.7 Å². The Bertz CT molecular complexity index is 620. The van der Waals surface area contributed by atoms with Crippen LogP contribution in [0.5, 0.6) is 0 Å². The fraction of sp³-hybridized carbons (Fsp3) is 0.600. The number of carbonyl (C=O) groups excluding carboxylic acids is 2. The van der Waals surface area contributed by atoms with E-state index in [1.807, 2.05) is 35.2 Å². The lowest BCUT2D eigenvalue weighted by Gasteiger charge is -2.42. The number of halogens is 1. The summed E-state index contributed by atoms with van der Waals surface area (Å²) in [5.41, 5.74) is 6.19. The SMILES string of the molecule is Cl.NCC1(C(=O)N2CCCC(CNC(=O)c3ccccc3)C2)CCOCC1. The van der Waals surface area contributed by atoms with E-state index in [1.165, 1.54) is 0 Å². The number of nitrogens with zero attached hydrogens (tertiary/aromatic N) is 1. The molecule has 2 amide bonds. The number of hydrogen-bond acceptors (Lipinski definition) is 4. The Morgan fingerprint density at radius 3 is 2.59 bits per heavy atom. The molecule has 0 bridgehead atoms. The number of rotatable bonds is 5. The molecule has 0 aromatic heterocycles. The first-order chi connectivity index (χ1) is 12.6. The molecule has 7 heteroatoms. The number of hydrogen-bond donors (Lipinski definition) is 2. The van der Waals surface area contributed by atoms with Crippen molar-refractivity contribution in [2.45, 2.75) is 25.7 Å². The second kappa shape index (κ2) is 10.1. The number of likely N-dealkylation sites (tertiary alicyclic amines) is 1. The summed E-state index contributed by atoms with van der Waals surface area (Å²) in [6, 6.07) is 9.22. The van der Waals surface area contributed by atoms with Crippen LogP contribution in [0.1, 0.15) is 36.0 Å². The normalized spacial score (nSPS) is 21.8. The molecule has 27 heavy (non-hydrogen) atoms. The lowest BCUT2D eigenvalue weighted by atomic mass is 9.78. The molecule has 0 aliphatic carbocycles. The minimum Gasteiger partial charge on any atom is -0.381 e. The standard InChI is InChI=1S/C20H29N3O3.ClH/c21-15-20(8-11-26-12-9-20)19(25)23-10-4-5-16(14-23)13-22-18(24)17-6-2-1-3-7-17;/h1-3,6-7,16H,4-5,8-15,21H2,(H,22,24);1H. The molecule has 1 unspecified atom stereocenters. The maximum atomic E-state index is 13.1. The summed E-state index contributed by atoms with van der Waals surface area (Å²) in [5.74, 6) is 0.398. The van der Waals surface area contributed by atoms with Crippen molar-refractivity contribution in [3.05, 3.63) is 35.9 Å². The molecular formula is C20H30ClN3O3. The van der Waals surface area contributed by atoms with Gasteiger partial charge in [0.15, 0.2) is 0 Å². The zero-order valence-corrected chi connectivity index (χ0v) is 16.5. The van der Waals surface area contributed by atoms with Crippen molar-refractivity contribution in [2.24, 2.45) is 17.1 Å². The van der Waals surface area contributed by atoms with Gasteiger partial charge < -0.3 is 20.7 Å². The highest BCUT2D eigenvalue weighted by Gasteiger charge is 2.42. The average molecular weight is 396 g/mol. The van der Waals surface area contributed by atoms with Gasteiger partial charge in [-0.05, 0) is 43.7 Å². The third-order valence-corrected chi connectivity index (χ3v) is 5.69. The van der Waals surface area contributed by atoms with Crippen molar-refractivity contribution in [2.75, 3.05) is 39.4 Å². The maximum Gasteiger partial charge on any atom is 0.251 e. The summed E-state index contributed by atoms with van der Waals surface area (Å²) < 4.78 is 5.42. The minimum atomic E-state index is -0.465. The van der Waals surface area contributed by atoms with E-state index in [0.29, 0.717) is 51.3 Å². The van der Waals surface area contributed by atoms with E-state index in [-0.39, 0.29) is 30.1 Å². The molecule has 2 aliphatic heterocycles. The van der Waals surface area contributed by atoms with Crippen molar-refractivity contribution in [1.29, 1.82) is 0 Å². The summed E-state index contributed by atoms with van der Waals surface area (Å²) in [6.07, 6.45) is 3.40. The third kappa shape index (κ3) is 5.21. The van der Waals surface area contributed by atoms with E-state index < -0.39 is 5.41 Å². The van der Waals surface area contributed by atoms with Crippen molar-refractivity contribution < 1.29 is 14.3 Å². The van der Waals surface area contributed by atoms with Gasteiger partial charge in [0.25, 0.3) is 5.91 Å². The van der Waals surface area contributed by atoms with Gasteiger partial charge in [-0.25, -0.2) is 0 Å². The fourth-order valence-electron chi connectivity index (χ4n) is 3.95. The summed E-state index contributed by atoms with van der Waals surface area (Å²) in [6.45, 7) is 3.65. The summed E-state index contributed by atoms with van der Waals surface area (Å²) in [5, 5.41) is 3.01. The lowest BCUT2D eigenvalue weighted by Crippen LogP contribution is -2.54. The highest BCUT2D eigenvalue weighted by Crippen LogP contribution is 2.33. The number of nitrogens with one attached hydrogen (secondary N) is 1. The Balaban J connectivity index is 0.00000261. The van der Waals surface area contributed by atoms with E-state index in [1.54, 1.807) is 0 Å². The van der Waals surface area contributed by atoms with E-state index in [2.05, 4.69) is 5.32 Å². The zero-order chi connectivity index (χ0) is 18.4. The molecule has 0 saturated carbocycles. The van der Waals surface area contributed by atoms with Crippen LogP contribution in [0.4, 0.5) is 0 Å². The van der Waals surface area contributed by atoms with E-state index in [4.69, 9.17) is 10.5 Å². The van der Waals surface area contributed by atoms with Crippen molar-refractivity contribution in [1.82, 2.24) is 10.2 Å². The predicted molar refractivity (Wildman–Crippen MR) is 107 cm³/mol. The molecule has 2 aliphatic rings. The lowest BCUT2D eigenvalue weighted by molar-refractivity contribution is -0.149. The second-order valence-corrected chi connectivity index (χ2v) is 7.43. The highest BCUT2D eigenvalue weighted by molar-refractivity contribution is 5.94. The molecule has 0 spiro atoms. The number of carbonyl (C=O) groups is 2. The van der Waals surface area contributed by atoms with E-state index >= 15 is 0 Å². The Morgan fingerprint density at radius 2 is 1.93 bits per heavy atom. The maximum absolute atomic E-state index is 13.1. The van der Waals surface area contributed by atoms with Crippen molar-refractivity contribution in [3.63, 3.8) is 0 Å². The van der Waals surface area contributed by atoms with Crippen LogP contribution < -0.4 is 11.1 Å². The number of benzene rings is 1. The Kier molecular flexibility index (Phi) is 8.07. The average Bonchev–Trinajstić information content (AvgIpc) is 2.72. The van der Waals surface area contributed by atoms with Crippen LogP contribution in [-0.2, 0) is 9.53 Å². The van der Waals surface area contributed by atoms with Crippen LogP contribution >= 0.6 is 12.4 Å². The van der Waals surface area contributed by atoms with Crippen LogP contribution in [0.15, 0.2) is 30.3 Å². The largest absolute Gasteiger partial charge is 0.381 e. The molecular weight excluding hydrogens is 366 g/mol. The molecule has 150 valence electrons. The summed E-state index contributed by atoms with van der Waals surface area (Å²) in [7, 11) is 0. The molecule has 2 fully saturated rings. The minimum absolute atomic E-state index is 0. The van der Waals surface area contributed by atoms with Crippen LogP contribution in [0.3, 0.4) is 0 Å². The molecule has 0 radical (unpaired) electrons. The van der Waals surface area contributed by atoms with Crippen LogP contribution in [-0.4, -0.2) is 56.1 Å².